The first-order valence-electron chi connectivity index (χ1n) is 5.35. The smallest absolute Gasteiger partial charge is 0.204 e. The molecule has 2 aromatic carbocycles. The molecule has 1 aliphatic rings. The zero-order chi connectivity index (χ0) is 12.0. The molecule has 17 heavy (non-hydrogen) atoms. The second-order valence-electron chi connectivity index (χ2n) is 4.15. The van der Waals surface area contributed by atoms with Gasteiger partial charge in [0.2, 0.25) is 5.78 Å². The van der Waals surface area contributed by atoms with Crippen LogP contribution in [-0.2, 0) is 5.60 Å². The monoisotopic (exact) mass is 222 g/mol. The Bertz CT molecular complexity index is 688. The molecule has 0 heterocycles. The average Bonchev–Trinajstić information content (AvgIpc) is 2.55. The zero-order valence-electron chi connectivity index (χ0n) is 9.10. The maximum absolute atomic E-state index is 12.2. The number of aliphatic hydroxyl groups is 1. The summed E-state index contributed by atoms with van der Waals surface area (Å²) in [5.74, 6) is -0.305. The fourth-order valence-corrected chi connectivity index (χ4v) is 2.47. The number of carbonyl (C=O) groups excluding carboxylic acids is 1. The summed E-state index contributed by atoms with van der Waals surface area (Å²) in [5.41, 5.74) is 2.09. The van der Waals surface area contributed by atoms with Gasteiger partial charge in [-0.3, -0.25) is 4.79 Å². The molecule has 0 bridgehead atoms. The van der Waals surface area contributed by atoms with E-state index < -0.39 is 5.60 Å². The van der Waals surface area contributed by atoms with Crippen LogP contribution in [-0.4, -0.2) is 10.9 Å². The summed E-state index contributed by atoms with van der Waals surface area (Å²) in [4.78, 5) is 12.2. The van der Waals surface area contributed by atoms with Crippen molar-refractivity contribution in [2.45, 2.75) is 5.60 Å². The normalized spacial score (nSPS) is 21.6. The molecule has 0 spiro atoms. The van der Waals surface area contributed by atoms with Gasteiger partial charge in [-0.25, -0.2) is 0 Å². The lowest BCUT2D eigenvalue weighted by Crippen LogP contribution is -2.28. The summed E-state index contributed by atoms with van der Waals surface area (Å²) < 4.78 is 0. The molecular weight excluding hydrogens is 212 g/mol. The zero-order valence-corrected chi connectivity index (χ0v) is 9.10. The van der Waals surface area contributed by atoms with E-state index in [1.54, 1.807) is 12.1 Å². The number of hydrogen-bond donors (Lipinski definition) is 1. The molecule has 1 aliphatic carbocycles. The molecule has 0 radical (unpaired) electrons. The van der Waals surface area contributed by atoms with Crippen molar-refractivity contribution in [2.75, 3.05) is 0 Å². The van der Waals surface area contributed by atoms with E-state index in [9.17, 15) is 9.90 Å². The molecule has 2 nitrogen and oxygen atoms in total. The second kappa shape index (κ2) is 3.17. The highest BCUT2D eigenvalue weighted by atomic mass is 16.3. The third-order valence-electron chi connectivity index (χ3n) is 3.22. The van der Waals surface area contributed by atoms with E-state index >= 15 is 0 Å². The Morgan fingerprint density at radius 2 is 1.94 bits per heavy atom. The second-order valence-corrected chi connectivity index (χ2v) is 4.15. The average molecular weight is 222 g/mol. The van der Waals surface area contributed by atoms with Gasteiger partial charge >= 0.3 is 0 Å². The van der Waals surface area contributed by atoms with E-state index in [0.717, 1.165) is 10.8 Å². The summed E-state index contributed by atoms with van der Waals surface area (Å²) in [7, 11) is 0. The number of ketones is 1. The highest BCUT2D eigenvalue weighted by Crippen LogP contribution is 2.41. The van der Waals surface area contributed by atoms with Crippen LogP contribution in [0.15, 0.2) is 54.8 Å². The summed E-state index contributed by atoms with van der Waals surface area (Å²) in [6, 6.07) is 11.0. The number of carbonyl (C=O) groups is 1. The van der Waals surface area contributed by atoms with Crippen LogP contribution in [0.25, 0.3) is 10.8 Å². The lowest BCUT2D eigenvalue weighted by Gasteiger charge is -2.16. The fourth-order valence-electron chi connectivity index (χ4n) is 2.47. The first-order chi connectivity index (χ1) is 8.18. The SMILES string of the molecule is C=C=CC1(O)C(=O)c2cccc3cccc1c23. The first kappa shape index (κ1) is 10.0. The molecule has 2 heteroatoms. The lowest BCUT2D eigenvalue weighted by molar-refractivity contribution is 0.0547. The van der Waals surface area contributed by atoms with Gasteiger partial charge in [0.05, 0.1) is 0 Å². The van der Waals surface area contributed by atoms with Crippen LogP contribution in [0.1, 0.15) is 15.9 Å². The molecule has 0 fully saturated rings. The minimum Gasteiger partial charge on any atom is -0.373 e. The number of hydrogen-bond acceptors (Lipinski definition) is 2. The first-order valence-corrected chi connectivity index (χ1v) is 5.35. The van der Waals surface area contributed by atoms with Gasteiger partial charge in [0, 0.05) is 17.2 Å². The molecule has 0 aromatic heterocycles. The Kier molecular flexibility index (Phi) is 1.87. The summed E-state index contributed by atoms with van der Waals surface area (Å²) in [6.45, 7) is 3.44. The van der Waals surface area contributed by atoms with Gasteiger partial charge < -0.3 is 5.11 Å². The van der Waals surface area contributed by atoms with Crippen LogP contribution < -0.4 is 0 Å². The summed E-state index contributed by atoms with van der Waals surface area (Å²) in [5, 5.41) is 12.3. The van der Waals surface area contributed by atoms with Gasteiger partial charge in [0.15, 0.2) is 5.60 Å². The summed E-state index contributed by atoms with van der Waals surface area (Å²) in [6.07, 6.45) is 1.32. The minimum absolute atomic E-state index is 0.305. The lowest BCUT2D eigenvalue weighted by atomic mass is 9.94. The quantitative estimate of drug-likeness (QED) is 0.753. The van der Waals surface area contributed by atoms with Crippen LogP contribution in [0.4, 0.5) is 0 Å². The molecule has 3 rings (SSSR count). The van der Waals surface area contributed by atoms with Gasteiger partial charge in [-0.05, 0) is 10.8 Å². The third kappa shape index (κ3) is 1.11. The van der Waals surface area contributed by atoms with Crippen LogP contribution in [0.2, 0.25) is 0 Å². The molecule has 0 aliphatic heterocycles. The fraction of sp³-hybridized carbons (Fsp3) is 0.0667. The van der Waals surface area contributed by atoms with Gasteiger partial charge in [-0.15, -0.1) is 5.73 Å². The van der Waals surface area contributed by atoms with Crippen molar-refractivity contribution in [3.63, 3.8) is 0 Å². The maximum atomic E-state index is 12.2. The highest BCUT2D eigenvalue weighted by molar-refractivity contribution is 6.20. The van der Waals surface area contributed by atoms with Gasteiger partial charge in [-0.2, -0.15) is 0 Å². The van der Waals surface area contributed by atoms with Crippen molar-refractivity contribution in [3.05, 3.63) is 65.9 Å². The van der Waals surface area contributed by atoms with Gasteiger partial charge in [0.25, 0.3) is 0 Å². The van der Waals surface area contributed by atoms with E-state index in [1.165, 1.54) is 6.08 Å². The molecule has 1 N–H and O–H groups in total. The Morgan fingerprint density at radius 3 is 2.65 bits per heavy atom. The Morgan fingerprint density at radius 1 is 1.24 bits per heavy atom. The molecule has 0 saturated heterocycles. The van der Waals surface area contributed by atoms with E-state index in [-0.39, 0.29) is 5.78 Å². The van der Waals surface area contributed by atoms with E-state index in [1.807, 2.05) is 24.3 Å². The minimum atomic E-state index is -1.61. The number of benzene rings is 2. The molecule has 0 saturated carbocycles. The van der Waals surface area contributed by atoms with E-state index in [0.29, 0.717) is 11.1 Å². The van der Waals surface area contributed by atoms with Crippen LogP contribution in [0, 0.1) is 0 Å². The van der Waals surface area contributed by atoms with Crippen molar-refractivity contribution in [1.82, 2.24) is 0 Å². The summed E-state index contributed by atoms with van der Waals surface area (Å²) >= 11 is 0. The van der Waals surface area contributed by atoms with Crippen molar-refractivity contribution < 1.29 is 9.90 Å². The molecule has 82 valence electrons. The third-order valence-corrected chi connectivity index (χ3v) is 3.22. The van der Waals surface area contributed by atoms with Crippen LogP contribution in [0.5, 0.6) is 0 Å². The predicted molar refractivity (Wildman–Crippen MR) is 65.9 cm³/mol. The van der Waals surface area contributed by atoms with Crippen LogP contribution >= 0.6 is 0 Å². The molecular formula is C15H10O2. The maximum Gasteiger partial charge on any atom is 0.204 e. The van der Waals surface area contributed by atoms with Gasteiger partial charge in [0.1, 0.15) is 0 Å². The molecule has 2 aromatic rings. The van der Waals surface area contributed by atoms with Crippen LogP contribution in [0.3, 0.4) is 0 Å². The van der Waals surface area contributed by atoms with Crippen molar-refractivity contribution in [2.24, 2.45) is 0 Å². The van der Waals surface area contributed by atoms with Gasteiger partial charge in [-0.1, -0.05) is 43.0 Å². The Labute approximate surface area is 98.5 Å². The highest BCUT2D eigenvalue weighted by Gasteiger charge is 2.43. The topological polar surface area (TPSA) is 37.3 Å². The molecule has 1 unspecified atom stereocenters. The van der Waals surface area contributed by atoms with Crippen molar-refractivity contribution >= 4 is 16.6 Å². The standard InChI is InChI=1S/C15H10O2/c1-2-9-15(17)12-8-4-6-10-5-3-7-11(13(10)12)14(15)16/h3-9,17H,1H2. The Balaban J connectivity index is 2.50. The molecule has 1 atom stereocenters. The molecule has 0 amide bonds. The number of rotatable bonds is 1. The van der Waals surface area contributed by atoms with E-state index in [2.05, 4.69) is 12.3 Å². The van der Waals surface area contributed by atoms with Crippen molar-refractivity contribution in [1.29, 1.82) is 0 Å². The predicted octanol–water partition coefficient (Wildman–Crippen LogP) is 2.56. The number of Topliss-reactive ketones (excluding diaryl/α,β-unsaturated/α-hetero) is 1. The van der Waals surface area contributed by atoms with Crippen molar-refractivity contribution in [3.8, 4) is 0 Å². The Hall–Kier alpha value is -2.15. The largest absolute Gasteiger partial charge is 0.373 e. The van der Waals surface area contributed by atoms with E-state index in [4.69, 9.17) is 0 Å².